The quantitative estimate of drug-likeness (QED) is 0.154. The number of pyridine rings is 1. The zero-order valence-electron chi connectivity index (χ0n) is 20.5. The monoisotopic (exact) mass is 481 g/mol. The molecule has 5 nitrogen and oxygen atoms in total. The summed E-state index contributed by atoms with van der Waals surface area (Å²) in [6.07, 6.45) is 21.3. The number of hydrogen-bond donors (Lipinski definition) is 1. The Balaban J connectivity index is 1.52. The number of thiazole rings is 1. The molecule has 0 bridgehead atoms. The zero-order chi connectivity index (χ0) is 24.0. The first kappa shape index (κ1) is 26.1. The van der Waals surface area contributed by atoms with Gasteiger partial charge in [0.25, 0.3) is 0 Å². The molecule has 0 aliphatic rings. The smallest absolute Gasteiger partial charge is 0.180 e. The van der Waals surface area contributed by atoms with E-state index in [-0.39, 0.29) is 11.7 Å². The fourth-order valence-corrected chi connectivity index (χ4v) is 5.44. The molecule has 6 heteroatoms. The van der Waals surface area contributed by atoms with E-state index in [1.165, 1.54) is 75.5 Å². The van der Waals surface area contributed by atoms with E-state index in [4.69, 9.17) is 10.2 Å². The summed E-state index contributed by atoms with van der Waals surface area (Å²) in [4.78, 5) is 22.9. The number of nitrogen functional groups attached to an aromatic ring is 1. The number of aromatic nitrogens is 2. The summed E-state index contributed by atoms with van der Waals surface area (Å²) < 4.78 is 5.59. The number of nitrogens with zero attached hydrogens (tertiary/aromatic N) is 2. The lowest BCUT2D eigenvalue weighted by molar-refractivity contribution is 0.0955. The summed E-state index contributed by atoms with van der Waals surface area (Å²) in [5, 5.41) is 0.462. The normalized spacial score (nSPS) is 12.1. The maximum atomic E-state index is 13.5. The van der Waals surface area contributed by atoms with E-state index in [2.05, 4.69) is 16.9 Å². The fourth-order valence-electron chi connectivity index (χ4n) is 4.46. The molecular formula is C28H39N3O2S. The van der Waals surface area contributed by atoms with Gasteiger partial charge in [-0.15, -0.1) is 11.3 Å². The number of Topliss-reactive ketones (excluding diaryl/α,β-unsaturated/α-hetero) is 1. The Bertz CT molecular complexity index is 953. The average molecular weight is 482 g/mol. The third kappa shape index (κ3) is 8.08. The van der Waals surface area contributed by atoms with Crippen LogP contribution in [0.2, 0.25) is 0 Å². The Morgan fingerprint density at radius 2 is 1.56 bits per heavy atom. The first-order chi connectivity index (χ1) is 16.7. The molecule has 3 rings (SSSR count). The van der Waals surface area contributed by atoms with Crippen LogP contribution < -0.4 is 5.73 Å². The van der Waals surface area contributed by atoms with Gasteiger partial charge in [-0.3, -0.25) is 9.78 Å². The van der Waals surface area contributed by atoms with Crippen LogP contribution in [0.15, 0.2) is 47.3 Å². The number of ketones is 1. The lowest BCUT2D eigenvalue weighted by Crippen LogP contribution is -2.13. The van der Waals surface area contributed by atoms with Crippen LogP contribution in [0.5, 0.6) is 0 Å². The predicted molar refractivity (Wildman–Crippen MR) is 141 cm³/mol. The summed E-state index contributed by atoms with van der Waals surface area (Å²) >= 11 is 1.40. The molecule has 0 amide bonds. The number of carbonyl (C=O) groups is 1. The number of unbranched alkanes of at least 4 members (excludes halogenated alkanes) is 11. The van der Waals surface area contributed by atoms with Crippen molar-refractivity contribution in [2.45, 2.75) is 96.3 Å². The van der Waals surface area contributed by atoms with Crippen molar-refractivity contribution in [1.82, 2.24) is 9.97 Å². The molecule has 0 fully saturated rings. The van der Waals surface area contributed by atoms with Crippen molar-refractivity contribution < 1.29 is 9.21 Å². The third-order valence-corrected chi connectivity index (χ3v) is 7.37. The van der Waals surface area contributed by atoms with Gasteiger partial charge in [0.2, 0.25) is 0 Å². The molecule has 2 N–H and O–H groups in total. The van der Waals surface area contributed by atoms with Crippen LogP contribution in [-0.4, -0.2) is 15.8 Å². The number of rotatable bonds is 17. The Morgan fingerprint density at radius 3 is 2.15 bits per heavy atom. The van der Waals surface area contributed by atoms with Crippen LogP contribution >= 0.6 is 11.3 Å². The molecule has 1 atom stereocenters. The summed E-state index contributed by atoms with van der Waals surface area (Å²) in [7, 11) is 0. The molecule has 0 aliphatic carbocycles. The van der Waals surface area contributed by atoms with Gasteiger partial charge in [0, 0.05) is 22.8 Å². The maximum absolute atomic E-state index is 13.5. The van der Waals surface area contributed by atoms with Gasteiger partial charge in [0.1, 0.15) is 5.69 Å². The highest BCUT2D eigenvalue weighted by Crippen LogP contribution is 2.39. The highest BCUT2D eigenvalue weighted by atomic mass is 32.1. The molecule has 3 heterocycles. The van der Waals surface area contributed by atoms with E-state index in [9.17, 15) is 4.79 Å². The van der Waals surface area contributed by atoms with Gasteiger partial charge in [-0.05, 0) is 30.7 Å². The predicted octanol–water partition coefficient (Wildman–Crippen LogP) is 8.44. The molecule has 0 aliphatic heterocycles. The molecule has 184 valence electrons. The van der Waals surface area contributed by atoms with Gasteiger partial charge in [-0.2, -0.15) is 0 Å². The SMILES string of the molecule is CCCCCCCCCCCCCCC(C(=O)c1ccncc1)c1sc(N)nc1-c1ccco1. The van der Waals surface area contributed by atoms with Crippen LogP contribution in [0.25, 0.3) is 11.5 Å². The lowest BCUT2D eigenvalue weighted by atomic mass is 9.90. The molecule has 3 aromatic rings. The lowest BCUT2D eigenvalue weighted by Gasteiger charge is -2.15. The van der Waals surface area contributed by atoms with Gasteiger partial charge in [-0.25, -0.2) is 4.98 Å². The van der Waals surface area contributed by atoms with Crippen molar-refractivity contribution in [3.63, 3.8) is 0 Å². The summed E-state index contributed by atoms with van der Waals surface area (Å²) in [6, 6.07) is 7.28. The Morgan fingerprint density at radius 1 is 0.941 bits per heavy atom. The van der Waals surface area contributed by atoms with Gasteiger partial charge in [0.15, 0.2) is 16.7 Å². The minimum Gasteiger partial charge on any atom is -0.463 e. The first-order valence-electron chi connectivity index (χ1n) is 12.9. The Hall–Kier alpha value is -2.47. The number of anilines is 1. The van der Waals surface area contributed by atoms with Gasteiger partial charge in [0.05, 0.1) is 12.2 Å². The van der Waals surface area contributed by atoms with E-state index >= 15 is 0 Å². The summed E-state index contributed by atoms with van der Waals surface area (Å²) in [6.45, 7) is 2.27. The van der Waals surface area contributed by atoms with E-state index in [1.54, 1.807) is 30.8 Å². The second-order valence-corrected chi connectivity index (χ2v) is 10.1. The minimum atomic E-state index is -0.277. The van der Waals surface area contributed by atoms with Crippen molar-refractivity contribution in [2.75, 3.05) is 5.73 Å². The van der Waals surface area contributed by atoms with Gasteiger partial charge < -0.3 is 10.2 Å². The standard InChI is InChI=1S/C28H39N3O2S/c1-2-3-4-5-6-7-8-9-10-11-12-13-15-23(26(32)22-17-19-30-20-18-22)27-25(31-28(29)34-27)24-16-14-21-33-24/h14,16-21,23H,2-13,15H2,1H3,(H2,29,31). The first-order valence-corrected chi connectivity index (χ1v) is 13.8. The van der Waals surface area contributed by atoms with E-state index < -0.39 is 0 Å². The maximum Gasteiger partial charge on any atom is 0.180 e. The van der Waals surface area contributed by atoms with Crippen molar-refractivity contribution in [3.8, 4) is 11.5 Å². The Labute approximate surface area is 208 Å². The van der Waals surface area contributed by atoms with Crippen molar-refractivity contribution in [3.05, 3.63) is 53.4 Å². The third-order valence-electron chi connectivity index (χ3n) is 6.37. The van der Waals surface area contributed by atoms with Crippen LogP contribution in [0.3, 0.4) is 0 Å². The molecule has 0 radical (unpaired) electrons. The van der Waals surface area contributed by atoms with Crippen LogP contribution in [0.4, 0.5) is 5.13 Å². The van der Waals surface area contributed by atoms with Gasteiger partial charge in [-0.1, -0.05) is 84.0 Å². The molecular weight excluding hydrogens is 442 g/mol. The van der Waals surface area contributed by atoms with Gasteiger partial charge >= 0.3 is 0 Å². The molecule has 0 saturated carbocycles. The average Bonchev–Trinajstić information content (AvgIpc) is 3.52. The number of hydrogen-bond acceptors (Lipinski definition) is 6. The molecule has 34 heavy (non-hydrogen) atoms. The summed E-state index contributed by atoms with van der Waals surface area (Å²) in [5.74, 6) is 0.479. The molecule has 1 unspecified atom stereocenters. The summed E-state index contributed by atoms with van der Waals surface area (Å²) in [5.41, 5.74) is 7.45. The highest BCUT2D eigenvalue weighted by Gasteiger charge is 2.28. The minimum absolute atomic E-state index is 0.0990. The van der Waals surface area contributed by atoms with Crippen LogP contribution in [-0.2, 0) is 0 Å². The fraction of sp³-hybridized carbons (Fsp3) is 0.536. The second-order valence-electron chi connectivity index (χ2n) is 9.07. The number of nitrogens with two attached hydrogens (primary N) is 1. The number of carbonyl (C=O) groups excluding carboxylic acids is 1. The molecule has 0 saturated heterocycles. The largest absolute Gasteiger partial charge is 0.463 e. The zero-order valence-corrected chi connectivity index (χ0v) is 21.3. The molecule has 0 aromatic carbocycles. The number of furan rings is 1. The highest BCUT2D eigenvalue weighted by molar-refractivity contribution is 7.16. The molecule has 3 aromatic heterocycles. The van der Waals surface area contributed by atoms with Crippen molar-refractivity contribution in [2.24, 2.45) is 0 Å². The van der Waals surface area contributed by atoms with E-state index in [0.29, 0.717) is 22.1 Å². The second kappa shape index (κ2) is 14.7. The topological polar surface area (TPSA) is 82.0 Å². The van der Waals surface area contributed by atoms with E-state index in [1.807, 2.05) is 12.1 Å². The van der Waals surface area contributed by atoms with Crippen LogP contribution in [0.1, 0.15) is 112 Å². The Kier molecular flexibility index (Phi) is 11.3. The molecule has 0 spiro atoms. The van der Waals surface area contributed by atoms with Crippen LogP contribution in [0, 0.1) is 0 Å². The van der Waals surface area contributed by atoms with E-state index in [0.717, 1.165) is 24.1 Å². The van der Waals surface area contributed by atoms with Crippen molar-refractivity contribution in [1.29, 1.82) is 0 Å². The van der Waals surface area contributed by atoms with Crippen molar-refractivity contribution >= 4 is 22.3 Å².